The molecule has 0 bridgehead atoms. The first kappa shape index (κ1) is 26.9. The van der Waals surface area contributed by atoms with Crippen molar-refractivity contribution in [3.05, 3.63) is 125 Å². The van der Waals surface area contributed by atoms with E-state index >= 15 is 0 Å². The van der Waals surface area contributed by atoms with Crippen LogP contribution in [0.1, 0.15) is 24.8 Å². The van der Waals surface area contributed by atoms with E-state index in [2.05, 4.69) is 18.2 Å². The number of thioether (sulfide) groups is 2. The maximum absolute atomic E-state index is 13.5. The molecule has 0 N–H and O–H groups in total. The molecule has 3 aliphatic rings. The van der Waals surface area contributed by atoms with Gasteiger partial charge in [0.2, 0.25) is 5.91 Å². The Morgan fingerprint density at radius 2 is 1.35 bits per heavy atom. The molecular weight excluding hydrogens is 573 g/mol. The summed E-state index contributed by atoms with van der Waals surface area (Å²) in [5.41, 5.74) is 5.88. The Morgan fingerprint density at radius 1 is 0.750 bits per heavy atom. The van der Waals surface area contributed by atoms with Gasteiger partial charge in [-0.3, -0.25) is 19.4 Å². The van der Waals surface area contributed by atoms with E-state index in [-0.39, 0.29) is 11.8 Å². The number of nitrogens with zero attached hydrogens (tertiary/aromatic N) is 2. The maximum Gasteiger partial charge on any atom is 0.270 e. The first-order valence-corrected chi connectivity index (χ1v) is 15.4. The standard InChI is InChI=1S/C32H24N2O2S4/c35-29-26(39-31(37)33(29)24-15-6-2-7-16-24)19-22-13-10-14-23(28(22)21-11-4-1-5-12-21)20-27-30(36)34(32(38)40-27)25-17-8-3-9-18-25/h1-9,11-12,15-20,26H,10,13-14H2/b22-19?,27-20-. The molecule has 3 aromatic rings. The third-order valence-corrected chi connectivity index (χ3v) is 9.70. The number of rotatable bonds is 5. The molecule has 1 unspecified atom stereocenters. The van der Waals surface area contributed by atoms with Crippen molar-refractivity contribution in [2.24, 2.45) is 0 Å². The maximum atomic E-state index is 13.5. The van der Waals surface area contributed by atoms with Crippen molar-refractivity contribution in [2.45, 2.75) is 24.5 Å². The van der Waals surface area contributed by atoms with Crippen LogP contribution in [0.3, 0.4) is 0 Å². The van der Waals surface area contributed by atoms with Gasteiger partial charge in [-0.15, -0.1) is 0 Å². The number of carbonyl (C=O) groups excluding carboxylic acids is 2. The Morgan fingerprint density at radius 3 is 2.00 bits per heavy atom. The van der Waals surface area contributed by atoms with Crippen LogP contribution >= 0.6 is 48.0 Å². The number of anilines is 2. The SMILES string of the molecule is O=C1/C(=C/C2=C(c3ccccc3)C(=CC3SC(=S)N(c4ccccc4)C3=O)CCC2)SC(=S)N1c1ccccc1. The van der Waals surface area contributed by atoms with Crippen LogP contribution in [0.25, 0.3) is 5.57 Å². The van der Waals surface area contributed by atoms with Crippen LogP contribution in [0, 0.1) is 0 Å². The van der Waals surface area contributed by atoms with E-state index in [1.54, 1.807) is 9.80 Å². The van der Waals surface area contributed by atoms with E-state index in [0.29, 0.717) is 13.5 Å². The lowest BCUT2D eigenvalue weighted by molar-refractivity contribution is -0.116. The zero-order valence-corrected chi connectivity index (χ0v) is 24.6. The van der Waals surface area contributed by atoms with Crippen LogP contribution in [-0.4, -0.2) is 25.7 Å². The molecule has 4 nitrogen and oxygen atoms in total. The third kappa shape index (κ3) is 5.24. The summed E-state index contributed by atoms with van der Waals surface area (Å²) >= 11 is 14.0. The molecule has 2 amide bonds. The molecule has 2 saturated heterocycles. The quantitative estimate of drug-likeness (QED) is 0.220. The molecule has 198 valence electrons. The van der Waals surface area contributed by atoms with Crippen LogP contribution < -0.4 is 9.80 Å². The zero-order chi connectivity index (χ0) is 27.6. The zero-order valence-electron chi connectivity index (χ0n) is 21.4. The highest BCUT2D eigenvalue weighted by Crippen LogP contribution is 2.43. The first-order chi connectivity index (χ1) is 19.5. The number of para-hydroxylation sites is 2. The summed E-state index contributed by atoms with van der Waals surface area (Å²) in [6.07, 6.45) is 6.67. The minimum absolute atomic E-state index is 0.0306. The summed E-state index contributed by atoms with van der Waals surface area (Å²) < 4.78 is 1.09. The summed E-state index contributed by atoms with van der Waals surface area (Å²) in [4.78, 5) is 30.9. The van der Waals surface area contributed by atoms with Gasteiger partial charge in [-0.2, -0.15) is 0 Å². The molecule has 0 aromatic heterocycles. The topological polar surface area (TPSA) is 40.6 Å². The predicted octanol–water partition coefficient (Wildman–Crippen LogP) is 7.93. The minimum Gasteiger partial charge on any atom is -0.272 e. The van der Waals surface area contributed by atoms with Gasteiger partial charge in [0, 0.05) is 0 Å². The average molecular weight is 597 g/mol. The fourth-order valence-corrected chi connectivity index (χ4v) is 7.93. The number of amides is 2. The van der Waals surface area contributed by atoms with Gasteiger partial charge in [-0.05, 0) is 71.9 Å². The molecule has 8 heteroatoms. The van der Waals surface area contributed by atoms with E-state index in [1.165, 1.54) is 23.5 Å². The number of hydrogen-bond acceptors (Lipinski definition) is 6. The van der Waals surface area contributed by atoms with Crippen molar-refractivity contribution in [3.8, 4) is 0 Å². The number of thiocarbonyl (C=S) groups is 2. The predicted molar refractivity (Wildman–Crippen MR) is 175 cm³/mol. The summed E-state index contributed by atoms with van der Waals surface area (Å²) in [6, 6.07) is 29.3. The first-order valence-electron chi connectivity index (χ1n) is 12.9. The van der Waals surface area contributed by atoms with Gasteiger partial charge in [0.25, 0.3) is 5.91 Å². The Balaban J connectivity index is 1.39. The second-order valence-electron chi connectivity index (χ2n) is 9.48. The Labute approximate surface area is 252 Å². The summed E-state index contributed by atoms with van der Waals surface area (Å²) in [5.74, 6) is -0.139. The Bertz CT molecular complexity index is 1600. The van der Waals surface area contributed by atoms with E-state index in [1.807, 2.05) is 84.9 Å². The monoisotopic (exact) mass is 596 g/mol. The number of hydrogen-bond donors (Lipinski definition) is 0. The smallest absolute Gasteiger partial charge is 0.270 e. The molecule has 2 heterocycles. The van der Waals surface area contributed by atoms with Gasteiger partial charge < -0.3 is 0 Å². The van der Waals surface area contributed by atoms with Crippen LogP contribution in [-0.2, 0) is 9.59 Å². The normalized spacial score (nSPS) is 21.9. The van der Waals surface area contributed by atoms with Gasteiger partial charge in [0.15, 0.2) is 4.32 Å². The van der Waals surface area contributed by atoms with Crippen molar-refractivity contribution < 1.29 is 9.59 Å². The van der Waals surface area contributed by atoms with Crippen molar-refractivity contribution in [1.82, 2.24) is 0 Å². The van der Waals surface area contributed by atoms with E-state index in [4.69, 9.17) is 24.4 Å². The molecule has 2 aliphatic heterocycles. The fourth-order valence-electron chi connectivity index (χ4n) is 5.16. The van der Waals surface area contributed by atoms with Crippen molar-refractivity contribution in [1.29, 1.82) is 0 Å². The largest absolute Gasteiger partial charge is 0.272 e. The molecule has 1 aliphatic carbocycles. The Kier molecular flexibility index (Phi) is 7.85. The highest BCUT2D eigenvalue weighted by molar-refractivity contribution is 8.27. The average Bonchev–Trinajstić information content (AvgIpc) is 3.42. The lowest BCUT2D eigenvalue weighted by atomic mass is 9.82. The summed E-state index contributed by atoms with van der Waals surface area (Å²) in [5, 5.41) is -0.406. The van der Waals surface area contributed by atoms with Crippen LogP contribution in [0.5, 0.6) is 0 Å². The van der Waals surface area contributed by atoms with E-state index in [0.717, 1.165) is 52.9 Å². The van der Waals surface area contributed by atoms with E-state index in [9.17, 15) is 9.59 Å². The second-order valence-corrected chi connectivity index (χ2v) is 12.9. The van der Waals surface area contributed by atoms with Crippen molar-refractivity contribution in [2.75, 3.05) is 9.80 Å². The van der Waals surface area contributed by atoms with Gasteiger partial charge in [0.05, 0.1) is 16.3 Å². The highest BCUT2D eigenvalue weighted by atomic mass is 32.2. The van der Waals surface area contributed by atoms with Gasteiger partial charge in [-0.1, -0.05) is 121 Å². The summed E-state index contributed by atoms with van der Waals surface area (Å²) in [7, 11) is 0. The Hall–Kier alpha value is -3.30. The van der Waals surface area contributed by atoms with Crippen LogP contribution in [0.15, 0.2) is 119 Å². The lowest BCUT2D eigenvalue weighted by Gasteiger charge is -2.23. The van der Waals surface area contributed by atoms with Crippen LogP contribution in [0.4, 0.5) is 11.4 Å². The molecular formula is C32H24N2O2S4. The summed E-state index contributed by atoms with van der Waals surface area (Å²) in [6.45, 7) is 0. The van der Waals surface area contributed by atoms with Crippen LogP contribution in [0.2, 0.25) is 0 Å². The molecule has 0 saturated carbocycles. The molecule has 6 rings (SSSR count). The molecule has 2 fully saturated rings. The number of allylic oxidation sites excluding steroid dienone is 4. The fraction of sp³-hybridized carbons (Fsp3) is 0.125. The van der Waals surface area contributed by atoms with Gasteiger partial charge in [0.1, 0.15) is 9.57 Å². The second kappa shape index (κ2) is 11.7. The molecule has 1 atom stereocenters. The minimum atomic E-state index is -0.406. The van der Waals surface area contributed by atoms with Gasteiger partial charge in [-0.25, -0.2) is 0 Å². The highest BCUT2D eigenvalue weighted by Gasteiger charge is 2.38. The van der Waals surface area contributed by atoms with E-state index < -0.39 is 5.25 Å². The molecule has 40 heavy (non-hydrogen) atoms. The van der Waals surface area contributed by atoms with Gasteiger partial charge >= 0.3 is 0 Å². The van der Waals surface area contributed by atoms with Crippen molar-refractivity contribution >= 4 is 85.4 Å². The van der Waals surface area contributed by atoms with Crippen molar-refractivity contribution in [3.63, 3.8) is 0 Å². The lowest BCUT2D eigenvalue weighted by Crippen LogP contribution is -2.30. The number of benzene rings is 3. The molecule has 0 spiro atoms. The number of carbonyl (C=O) groups is 2. The molecule has 0 radical (unpaired) electrons. The molecule has 3 aromatic carbocycles. The third-order valence-electron chi connectivity index (χ3n) is 6.95.